The van der Waals surface area contributed by atoms with Crippen molar-refractivity contribution in [1.29, 1.82) is 0 Å². The van der Waals surface area contributed by atoms with E-state index >= 15 is 0 Å². The van der Waals surface area contributed by atoms with Crippen molar-refractivity contribution in [2.75, 3.05) is 19.8 Å². The van der Waals surface area contributed by atoms with E-state index in [1.54, 1.807) is 0 Å². The van der Waals surface area contributed by atoms with Crippen LogP contribution in [0.25, 0.3) is 0 Å². The van der Waals surface area contributed by atoms with Crippen molar-refractivity contribution in [2.45, 2.75) is 6.10 Å². The summed E-state index contributed by atoms with van der Waals surface area (Å²) in [6.45, 7) is 1.95. The van der Waals surface area contributed by atoms with E-state index in [9.17, 15) is 8.42 Å². The molecule has 0 aromatic rings. The minimum absolute atomic E-state index is 0.242. The third kappa shape index (κ3) is 6.95. The normalized spacial score (nSPS) is 13.9. The molecule has 0 aliphatic rings. The molecule has 1 unspecified atom stereocenters. The van der Waals surface area contributed by atoms with E-state index in [1.807, 2.05) is 0 Å². The summed E-state index contributed by atoms with van der Waals surface area (Å²) in [6.07, 6.45) is 0.00772. The SMILES string of the molecule is C=CCOS(=O)(=O)OOCC(O)CO. The zero-order valence-corrected chi connectivity index (χ0v) is 8.14. The summed E-state index contributed by atoms with van der Waals surface area (Å²) < 4.78 is 29.4. The van der Waals surface area contributed by atoms with Crippen LogP contribution in [-0.4, -0.2) is 44.6 Å². The van der Waals surface area contributed by atoms with Crippen LogP contribution in [-0.2, 0) is 23.8 Å². The van der Waals surface area contributed by atoms with Gasteiger partial charge in [-0.05, 0) is 0 Å². The van der Waals surface area contributed by atoms with Crippen molar-refractivity contribution in [3.63, 3.8) is 0 Å². The largest absolute Gasteiger partial charge is 0.426 e. The summed E-state index contributed by atoms with van der Waals surface area (Å²) in [6, 6.07) is 0. The van der Waals surface area contributed by atoms with E-state index in [0.717, 1.165) is 0 Å². The fraction of sp³-hybridized carbons (Fsp3) is 0.667. The van der Waals surface area contributed by atoms with Gasteiger partial charge in [-0.15, -0.1) is 6.58 Å². The molecule has 0 spiro atoms. The molecule has 84 valence electrons. The molecule has 0 saturated heterocycles. The first-order valence-corrected chi connectivity index (χ1v) is 4.95. The van der Waals surface area contributed by atoms with E-state index < -0.39 is 29.7 Å². The first-order valence-electron chi connectivity index (χ1n) is 3.62. The second-order valence-electron chi connectivity index (χ2n) is 2.17. The van der Waals surface area contributed by atoms with Gasteiger partial charge < -0.3 is 10.2 Å². The second kappa shape index (κ2) is 6.87. The molecule has 0 aliphatic carbocycles. The van der Waals surface area contributed by atoms with Gasteiger partial charge in [0, 0.05) is 0 Å². The van der Waals surface area contributed by atoms with E-state index in [-0.39, 0.29) is 6.61 Å². The van der Waals surface area contributed by atoms with E-state index in [4.69, 9.17) is 10.2 Å². The Labute approximate surface area is 81.8 Å². The van der Waals surface area contributed by atoms with Gasteiger partial charge in [0.25, 0.3) is 0 Å². The lowest BCUT2D eigenvalue weighted by Gasteiger charge is -2.06. The third-order valence-electron chi connectivity index (χ3n) is 0.933. The predicted octanol–water partition coefficient (Wildman–Crippen LogP) is -1.26. The maximum absolute atomic E-state index is 10.7. The Morgan fingerprint density at radius 3 is 2.64 bits per heavy atom. The summed E-state index contributed by atoms with van der Waals surface area (Å²) in [5.74, 6) is 0. The summed E-state index contributed by atoms with van der Waals surface area (Å²) in [4.78, 5) is 4.09. The maximum atomic E-state index is 10.7. The van der Waals surface area contributed by atoms with Gasteiger partial charge in [0.1, 0.15) is 12.7 Å². The molecule has 0 aromatic carbocycles. The Hall–Kier alpha value is -0.510. The predicted molar refractivity (Wildman–Crippen MR) is 45.2 cm³/mol. The van der Waals surface area contributed by atoms with Crippen LogP contribution >= 0.6 is 0 Å². The molecule has 0 fully saturated rings. The molecular formula is C6H12O7S. The van der Waals surface area contributed by atoms with Gasteiger partial charge in [0.05, 0.1) is 13.2 Å². The molecule has 0 aliphatic heterocycles. The Balaban J connectivity index is 3.71. The van der Waals surface area contributed by atoms with Crippen LogP contribution in [0.4, 0.5) is 0 Å². The number of hydrogen-bond acceptors (Lipinski definition) is 7. The highest BCUT2D eigenvalue weighted by molar-refractivity contribution is 7.81. The van der Waals surface area contributed by atoms with E-state index in [2.05, 4.69) is 20.0 Å². The van der Waals surface area contributed by atoms with Crippen molar-refractivity contribution in [2.24, 2.45) is 0 Å². The average Bonchev–Trinajstić information content (AvgIpc) is 2.14. The van der Waals surface area contributed by atoms with Gasteiger partial charge in [-0.25, -0.2) is 9.07 Å². The fourth-order valence-electron chi connectivity index (χ4n) is 0.369. The van der Waals surface area contributed by atoms with E-state index in [1.165, 1.54) is 6.08 Å². The van der Waals surface area contributed by atoms with Gasteiger partial charge in [-0.2, -0.15) is 8.42 Å². The first-order chi connectivity index (χ1) is 6.52. The van der Waals surface area contributed by atoms with E-state index in [0.29, 0.717) is 0 Å². The van der Waals surface area contributed by atoms with Crippen LogP contribution in [0.1, 0.15) is 0 Å². The highest BCUT2D eigenvalue weighted by atomic mass is 32.3. The highest BCUT2D eigenvalue weighted by Gasteiger charge is 2.13. The van der Waals surface area contributed by atoms with Crippen LogP contribution < -0.4 is 0 Å². The Morgan fingerprint density at radius 1 is 1.50 bits per heavy atom. The minimum Gasteiger partial charge on any atom is -0.394 e. The lowest BCUT2D eigenvalue weighted by atomic mass is 10.4. The van der Waals surface area contributed by atoms with Crippen molar-refractivity contribution in [3.05, 3.63) is 12.7 Å². The smallest absolute Gasteiger partial charge is 0.394 e. The van der Waals surface area contributed by atoms with Crippen molar-refractivity contribution >= 4 is 10.4 Å². The topological polar surface area (TPSA) is 102 Å². The van der Waals surface area contributed by atoms with Gasteiger partial charge in [0.2, 0.25) is 0 Å². The summed E-state index contributed by atoms with van der Waals surface area (Å²) in [5, 5.41) is 17.1. The quantitative estimate of drug-likeness (QED) is 0.303. The molecule has 2 N–H and O–H groups in total. The molecule has 0 aromatic heterocycles. The van der Waals surface area contributed by atoms with Gasteiger partial charge in [-0.3, -0.25) is 0 Å². The maximum Gasteiger partial charge on any atom is 0.426 e. The van der Waals surface area contributed by atoms with Crippen molar-refractivity contribution in [1.82, 2.24) is 0 Å². The molecule has 8 heteroatoms. The molecule has 0 heterocycles. The molecule has 0 bridgehead atoms. The molecule has 7 nitrogen and oxygen atoms in total. The van der Waals surface area contributed by atoms with Crippen LogP contribution in [0.3, 0.4) is 0 Å². The third-order valence-corrected chi connectivity index (χ3v) is 1.62. The summed E-state index contributed by atoms with van der Waals surface area (Å²) in [5.41, 5.74) is 0. The zero-order valence-electron chi connectivity index (χ0n) is 7.33. The Kier molecular flexibility index (Phi) is 6.62. The molecule has 1 atom stereocenters. The molecule has 0 amide bonds. The molecular weight excluding hydrogens is 216 g/mol. The fourth-order valence-corrected chi connectivity index (χ4v) is 0.845. The van der Waals surface area contributed by atoms with Crippen LogP contribution in [0.5, 0.6) is 0 Å². The number of rotatable bonds is 8. The lowest BCUT2D eigenvalue weighted by molar-refractivity contribution is -0.228. The highest BCUT2D eigenvalue weighted by Crippen LogP contribution is 1.97. The standard InChI is InChI=1S/C6H12O7S/c1-2-3-12-14(9,10)13-11-5-6(8)4-7/h2,6-8H,1,3-5H2. The summed E-state index contributed by atoms with van der Waals surface area (Å²) >= 11 is 0. The van der Waals surface area contributed by atoms with Gasteiger partial charge in [-0.1, -0.05) is 10.4 Å². The number of aliphatic hydroxyl groups excluding tert-OH is 2. The summed E-state index contributed by atoms with van der Waals surface area (Å²) in [7, 11) is -4.23. The first kappa shape index (κ1) is 13.5. The molecule has 0 saturated carbocycles. The monoisotopic (exact) mass is 228 g/mol. The van der Waals surface area contributed by atoms with Gasteiger partial charge in [0.15, 0.2) is 0 Å². The molecule has 0 radical (unpaired) electrons. The minimum atomic E-state index is -4.23. The number of hydrogen-bond donors (Lipinski definition) is 2. The molecule has 0 rings (SSSR count). The van der Waals surface area contributed by atoms with Gasteiger partial charge >= 0.3 is 10.4 Å². The second-order valence-corrected chi connectivity index (χ2v) is 3.36. The van der Waals surface area contributed by atoms with Crippen LogP contribution in [0, 0.1) is 0 Å². The lowest BCUT2D eigenvalue weighted by Crippen LogP contribution is -2.21. The van der Waals surface area contributed by atoms with Crippen molar-refractivity contribution < 1.29 is 32.0 Å². The van der Waals surface area contributed by atoms with Crippen LogP contribution in [0.2, 0.25) is 0 Å². The van der Waals surface area contributed by atoms with Crippen molar-refractivity contribution in [3.8, 4) is 0 Å². The van der Waals surface area contributed by atoms with Crippen LogP contribution in [0.15, 0.2) is 12.7 Å². The zero-order chi connectivity index (χ0) is 11.0. The Morgan fingerprint density at radius 2 is 2.14 bits per heavy atom. The number of aliphatic hydroxyl groups is 2. The molecule has 14 heavy (non-hydrogen) atoms. The Bertz CT molecular complexity index is 247. The average molecular weight is 228 g/mol.